The van der Waals surface area contributed by atoms with Gasteiger partial charge in [-0.25, -0.2) is 0 Å². The van der Waals surface area contributed by atoms with E-state index in [1.165, 1.54) is 37.8 Å². The zero-order valence-electron chi connectivity index (χ0n) is 13.1. The molecule has 0 radical (unpaired) electrons. The predicted octanol–water partition coefficient (Wildman–Crippen LogP) is 3.68. The molecule has 3 N–H and O–H groups in total. The van der Waals surface area contributed by atoms with E-state index in [4.69, 9.17) is 0 Å². The molecule has 0 aliphatic carbocycles. The van der Waals surface area contributed by atoms with Crippen molar-refractivity contribution in [2.24, 2.45) is 0 Å². The Morgan fingerprint density at radius 3 is 2.43 bits per heavy atom. The van der Waals surface area contributed by atoms with Gasteiger partial charge in [0.25, 0.3) is 0 Å². The molecule has 0 bridgehead atoms. The van der Waals surface area contributed by atoms with Gasteiger partial charge in [0.1, 0.15) is 0 Å². The smallest absolute Gasteiger partial charge is 0.227 e. The van der Waals surface area contributed by atoms with Crippen LogP contribution in [0, 0.1) is 0 Å². The average molecular weight is 293 g/mol. The van der Waals surface area contributed by atoms with Gasteiger partial charge >= 0.3 is 0 Å². The summed E-state index contributed by atoms with van der Waals surface area (Å²) in [5.74, 6) is -0.744. The van der Waals surface area contributed by atoms with E-state index in [2.05, 4.69) is 12.2 Å². The largest absolute Gasteiger partial charge is 0.504 e. The number of hydrogen-bond donors (Lipinski definition) is 3. The second kappa shape index (κ2) is 9.27. The lowest BCUT2D eigenvalue weighted by Gasteiger charge is -2.13. The van der Waals surface area contributed by atoms with Gasteiger partial charge in [-0.3, -0.25) is 4.79 Å². The van der Waals surface area contributed by atoms with Crippen LogP contribution in [-0.2, 0) is 4.79 Å². The van der Waals surface area contributed by atoms with E-state index in [1.807, 2.05) is 0 Å². The average Bonchev–Trinajstić information content (AvgIpc) is 2.48. The number of amides is 1. The highest BCUT2D eigenvalue weighted by Crippen LogP contribution is 2.28. The summed E-state index contributed by atoms with van der Waals surface area (Å²) in [7, 11) is 0. The lowest BCUT2D eigenvalue weighted by Crippen LogP contribution is -2.28. The number of aromatic hydroxyl groups is 2. The maximum atomic E-state index is 12.0. The number of unbranched alkanes of at least 4 members (excludes halogenated alkanes) is 5. The molecule has 21 heavy (non-hydrogen) atoms. The van der Waals surface area contributed by atoms with Crippen LogP contribution in [0.2, 0.25) is 0 Å². The topological polar surface area (TPSA) is 69.6 Å². The fourth-order valence-electron chi connectivity index (χ4n) is 2.23. The van der Waals surface area contributed by atoms with Crippen LogP contribution in [-0.4, -0.2) is 22.7 Å². The molecule has 1 aromatic carbocycles. The first-order valence-corrected chi connectivity index (χ1v) is 7.85. The summed E-state index contributed by atoms with van der Waals surface area (Å²) in [5.41, 5.74) is 0.700. The van der Waals surface area contributed by atoms with E-state index in [-0.39, 0.29) is 23.3 Å². The van der Waals surface area contributed by atoms with Crippen LogP contribution in [0.15, 0.2) is 18.2 Å². The maximum Gasteiger partial charge on any atom is 0.227 e. The normalized spacial score (nSPS) is 12.1. The summed E-state index contributed by atoms with van der Waals surface area (Å²) in [5, 5.41) is 21.7. The number of benzene rings is 1. The van der Waals surface area contributed by atoms with Crippen molar-refractivity contribution in [3.8, 4) is 11.5 Å². The monoisotopic (exact) mass is 293 g/mol. The zero-order chi connectivity index (χ0) is 15.7. The van der Waals surface area contributed by atoms with Crippen molar-refractivity contribution in [2.75, 3.05) is 6.54 Å². The van der Waals surface area contributed by atoms with Crippen LogP contribution in [0.5, 0.6) is 11.5 Å². The third kappa shape index (κ3) is 6.06. The Hall–Kier alpha value is -1.71. The molecule has 0 aliphatic rings. The molecule has 1 rings (SSSR count). The van der Waals surface area contributed by atoms with Gasteiger partial charge in [-0.05, 0) is 31.0 Å². The molecule has 0 heterocycles. The lowest BCUT2D eigenvalue weighted by atomic mass is 10.00. The summed E-state index contributed by atoms with van der Waals surface area (Å²) in [4.78, 5) is 12.0. The fraction of sp³-hybridized carbons (Fsp3) is 0.588. The number of rotatable bonds is 9. The van der Waals surface area contributed by atoms with E-state index in [9.17, 15) is 15.0 Å². The number of hydrogen-bond acceptors (Lipinski definition) is 3. The molecule has 0 aromatic heterocycles. The summed E-state index contributed by atoms with van der Waals surface area (Å²) >= 11 is 0. The summed E-state index contributed by atoms with van der Waals surface area (Å²) < 4.78 is 0. The highest BCUT2D eigenvalue weighted by atomic mass is 16.3. The van der Waals surface area contributed by atoms with Gasteiger partial charge < -0.3 is 15.5 Å². The van der Waals surface area contributed by atoms with Crippen LogP contribution in [0.1, 0.15) is 63.9 Å². The first-order chi connectivity index (χ1) is 10.1. The van der Waals surface area contributed by atoms with E-state index in [0.717, 1.165) is 12.8 Å². The Bertz CT molecular complexity index is 446. The molecule has 1 atom stereocenters. The van der Waals surface area contributed by atoms with Gasteiger partial charge in [-0.1, -0.05) is 45.1 Å². The Morgan fingerprint density at radius 2 is 1.76 bits per heavy atom. The van der Waals surface area contributed by atoms with Gasteiger partial charge in [0, 0.05) is 6.54 Å². The highest BCUT2D eigenvalue weighted by molar-refractivity contribution is 5.83. The molecular formula is C17H27NO3. The Morgan fingerprint density at radius 1 is 1.10 bits per heavy atom. The number of phenols is 2. The predicted molar refractivity (Wildman–Crippen MR) is 84.6 cm³/mol. The first-order valence-electron chi connectivity index (χ1n) is 7.85. The fourth-order valence-corrected chi connectivity index (χ4v) is 2.23. The maximum absolute atomic E-state index is 12.0. The third-order valence-corrected chi connectivity index (χ3v) is 3.72. The number of carbonyl (C=O) groups excluding carboxylic acids is 1. The minimum Gasteiger partial charge on any atom is -0.504 e. The van der Waals surface area contributed by atoms with Gasteiger partial charge in [-0.15, -0.1) is 0 Å². The van der Waals surface area contributed by atoms with Crippen molar-refractivity contribution in [3.63, 3.8) is 0 Å². The van der Waals surface area contributed by atoms with Crippen LogP contribution >= 0.6 is 0 Å². The minimum absolute atomic E-state index is 0.0475. The molecule has 118 valence electrons. The van der Waals surface area contributed by atoms with E-state index >= 15 is 0 Å². The van der Waals surface area contributed by atoms with E-state index in [0.29, 0.717) is 12.1 Å². The summed E-state index contributed by atoms with van der Waals surface area (Å²) in [6, 6.07) is 4.50. The standard InChI is InChI=1S/C17H27NO3/c1-3-4-5-6-7-8-11-18-17(21)13(2)14-9-10-15(19)16(20)12-14/h9-10,12-13,19-20H,3-8,11H2,1-2H3,(H,18,21). The quantitative estimate of drug-likeness (QED) is 0.480. The molecule has 1 aromatic rings. The van der Waals surface area contributed by atoms with Crippen molar-refractivity contribution in [1.82, 2.24) is 5.32 Å². The first kappa shape index (κ1) is 17.3. The molecule has 0 spiro atoms. The number of carbonyl (C=O) groups is 1. The summed E-state index contributed by atoms with van der Waals surface area (Å²) in [6.07, 6.45) is 7.18. The van der Waals surface area contributed by atoms with Crippen molar-refractivity contribution in [1.29, 1.82) is 0 Å². The molecule has 0 saturated heterocycles. The lowest BCUT2D eigenvalue weighted by molar-refractivity contribution is -0.122. The van der Waals surface area contributed by atoms with E-state index < -0.39 is 0 Å². The third-order valence-electron chi connectivity index (χ3n) is 3.72. The van der Waals surface area contributed by atoms with Crippen LogP contribution in [0.3, 0.4) is 0 Å². The molecule has 0 fully saturated rings. The van der Waals surface area contributed by atoms with Crippen molar-refractivity contribution in [2.45, 2.75) is 58.3 Å². The number of phenolic OH excluding ortho intramolecular Hbond substituents is 2. The highest BCUT2D eigenvalue weighted by Gasteiger charge is 2.15. The van der Waals surface area contributed by atoms with Crippen LogP contribution in [0.25, 0.3) is 0 Å². The Labute approximate surface area is 127 Å². The Kier molecular flexibility index (Phi) is 7.65. The van der Waals surface area contributed by atoms with Crippen LogP contribution in [0.4, 0.5) is 0 Å². The summed E-state index contributed by atoms with van der Waals surface area (Å²) in [6.45, 7) is 4.69. The van der Waals surface area contributed by atoms with Crippen molar-refractivity contribution in [3.05, 3.63) is 23.8 Å². The van der Waals surface area contributed by atoms with Crippen molar-refractivity contribution >= 4 is 5.91 Å². The molecular weight excluding hydrogens is 266 g/mol. The molecule has 1 unspecified atom stereocenters. The molecule has 4 nitrogen and oxygen atoms in total. The van der Waals surface area contributed by atoms with Crippen LogP contribution < -0.4 is 5.32 Å². The SMILES string of the molecule is CCCCCCCCNC(=O)C(C)c1ccc(O)c(O)c1. The van der Waals surface area contributed by atoms with Gasteiger partial charge in [0.2, 0.25) is 5.91 Å². The van der Waals surface area contributed by atoms with Crippen molar-refractivity contribution < 1.29 is 15.0 Å². The van der Waals surface area contributed by atoms with E-state index in [1.54, 1.807) is 13.0 Å². The molecule has 1 amide bonds. The van der Waals surface area contributed by atoms with Gasteiger partial charge in [0.15, 0.2) is 11.5 Å². The molecule has 0 saturated carbocycles. The zero-order valence-corrected chi connectivity index (χ0v) is 13.1. The van der Waals surface area contributed by atoms with Gasteiger partial charge in [0.05, 0.1) is 5.92 Å². The minimum atomic E-state index is -0.336. The van der Waals surface area contributed by atoms with Gasteiger partial charge in [-0.2, -0.15) is 0 Å². The molecule has 4 heteroatoms. The second-order valence-corrected chi connectivity index (χ2v) is 5.53. The number of nitrogens with one attached hydrogen (secondary N) is 1. The molecule has 0 aliphatic heterocycles. The second-order valence-electron chi connectivity index (χ2n) is 5.53. The Balaban J connectivity index is 2.29.